The molecule has 25 heavy (non-hydrogen) atoms. The number of rotatable bonds is 10. The van der Waals surface area contributed by atoms with E-state index in [2.05, 4.69) is 5.32 Å². The van der Waals surface area contributed by atoms with Crippen molar-refractivity contribution in [2.45, 2.75) is 19.3 Å². The molecule has 0 fully saturated rings. The Bertz CT molecular complexity index is 643. The van der Waals surface area contributed by atoms with Gasteiger partial charge < -0.3 is 15.0 Å². The van der Waals surface area contributed by atoms with E-state index in [1.807, 2.05) is 12.1 Å². The minimum absolute atomic E-state index is 0.0560. The number of ether oxygens (including phenoxy) is 1. The summed E-state index contributed by atoms with van der Waals surface area (Å²) in [7, 11) is 0. The maximum Gasteiger partial charge on any atom is 0.308 e. The first-order valence-corrected chi connectivity index (χ1v) is 8.50. The summed E-state index contributed by atoms with van der Waals surface area (Å²) < 4.78 is 4.87. The third-order valence-corrected chi connectivity index (χ3v) is 3.78. The summed E-state index contributed by atoms with van der Waals surface area (Å²) in [5.41, 5.74) is 0.527. The van der Waals surface area contributed by atoms with Crippen LogP contribution in [0.15, 0.2) is 16.8 Å². The molecule has 0 aromatic carbocycles. The van der Waals surface area contributed by atoms with Gasteiger partial charge in [0, 0.05) is 30.6 Å². The smallest absolute Gasteiger partial charge is 0.308 e. The zero-order valence-electron chi connectivity index (χ0n) is 13.6. The Morgan fingerprint density at radius 1 is 1.20 bits per heavy atom. The van der Waals surface area contributed by atoms with Gasteiger partial charge in [-0.3, -0.25) is 14.4 Å². The lowest BCUT2D eigenvalue weighted by Gasteiger charge is -2.20. The average Bonchev–Trinajstić information content (AvgIpc) is 3.14. The monoisotopic (exact) mass is 362 g/mol. The molecule has 1 heterocycles. The lowest BCUT2D eigenvalue weighted by atomic mass is 10.3. The topological polar surface area (TPSA) is 123 Å². The molecule has 1 rings (SSSR count). The molecule has 0 unspecified atom stereocenters. The van der Waals surface area contributed by atoms with Crippen LogP contribution in [0.1, 0.15) is 29.6 Å². The minimum atomic E-state index is -0.612. The number of nitrogens with zero attached hydrogens (tertiary/aromatic N) is 3. The van der Waals surface area contributed by atoms with Crippen molar-refractivity contribution in [3.63, 3.8) is 0 Å². The third kappa shape index (κ3) is 7.95. The van der Waals surface area contributed by atoms with Gasteiger partial charge in [-0.15, -0.1) is 0 Å². The number of amides is 2. The van der Waals surface area contributed by atoms with E-state index in [1.165, 1.54) is 16.2 Å². The first-order valence-electron chi connectivity index (χ1n) is 7.56. The molecule has 132 valence electrons. The number of hydrogen-bond donors (Lipinski definition) is 1. The van der Waals surface area contributed by atoms with Gasteiger partial charge in [0.05, 0.1) is 31.4 Å². The molecule has 0 radical (unpaired) electrons. The zero-order valence-corrected chi connectivity index (χ0v) is 14.4. The highest BCUT2D eigenvalue weighted by Crippen LogP contribution is 2.05. The normalized spacial score (nSPS) is 9.52. The van der Waals surface area contributed by atoms with Crippen molar-refractivity contribution in [3.8, 4) is 12.1 Å². The van der Waals surface area contributed by atoms with E-state index < -0.39 is 18.5 Å². The summed E-state index contributed by atoms with van der Waals surface area (Å²) in [5.74, 6) is -1.34. The summed E-state index contributed by atoms with van der Waals surface area (Å²) >= 11 is 1.40. The van der Waals surface area contributed by atoms with Gasteiger partial charge in [0.25, 0.3) is 11.8 Å². The Kier molecular flexibility index (Phi) is 9.34. The molecule has 0 aliphatic carbocycles. The predicted octanol–water partition coefficient (Wildman–Crippen LogP) is 1.07. The Hall–Kier alpha value is -2.91. The number of esters is 1. The molecule has 0 saturated heterocycles. The van der Waals surface area contributed by atoms with Gasteiger partial charge in [0.2, 0.25) is 0 Å². The molecule has 0 saturated carbocycles. The second kappa shape index (κ2) is 11.6. The van der Waals surface area contributed by atoms with Gasteiger partial charge in [-0.1, -0.05) is 0 Å². The van der Waals surface area contributed by atoms with Gasteiger partial charge in [0.15, 0.2) is 6.61 Å². The fraction of sp³-hybridized carbons (Fsp3) is 0.438. The van der Waals surface area contributed by atoms with E-state index in [9.17, 15) is 14.4 Å². The number of carbonyl (C=O) groups is 3. The van der Waals surface area contributed by atoms with E-state index in [-0.39, 0.29) is 44.8 Å². The number of hydrogen-bond acceptors (Lipinski definition) is 7. The molecule has 9 heteroatoms. The number of thiophene rings is 1. The SMILES string of the molecule is N#CCCN(CCC#N)C(=O)COC(=O)CCNC(=O)c1ccsc1. The van der Waals surface area contributed by atoms with Crippen LogP contribution in [0.2, 0.25) is 0 Å². The zero-order chi connectivity index (χ0) is 18.5. The highest BCUT2D eigenvalue weighted by Gasteiger charge is 2.15. The molecule has 0 spiro atoms. The van der Waals surface area contributed by atoms with E-state index in [0.717, 1.165) is 0 Å². The van der Waals surface area contributed by atoms with Crippen LogP contribution in [-0.2, 0) is 14.3 Å². The molecular weight excluding hydrogens is 344 g/mol. The van der Waals surface area contributed by atoms with Crippen molar-refractivity contribution in [3.05, 3.63) is 22.4 Å². The highest BCUT2D eigenvalue weighted by molar-refractivity contribution is 7.08. The van der Waals surface area contributed by atoms with E-state index in [4.69, 9.17) is 15.3 Å². The third-order valence-electron chi connectivity index (χ3n) is 3.09. The highest BCUT2D eigenvalue weighted by atomic mass is 32.1. The lowest BCUT2D eigenvalue weighted by molar-refractivity contribution is -0.151. The van der Waals surface area contributed by atoms with Crippen molar-refractivity contribution >= 4 is 29.1 Å². The molecule has 0 bridgehead atoms. The van der Waals surface area contributed by atoms with Crippen molar-refractivity contribution < 1.29 is 19.1 Å². The molecule has 0 aliphatic heterocycles. The van der Waals surface area contributed by atoms with E-state index >= 15 is 0 Å². The summed E-state index contributed by atoms with van der Waals surface area (Å²) in [4.78, 5) is 36.6. The van der Waals surface area contributed by atoms with Crippen LogP contribution in [0.25, 0.3) is 0 Å². The van der Waals surface area contributed by atoms with Crippen LogP contribution in [0.5, 0.6) is 0 Å². The van der Waals surface area contributed by atoms with Crippen LogP contribution in [0.3, 0.4) is 0 Å². The molecule has 1 aromatic heterocycles. The lowest BCUT2D eigenvalue weighted by Crippen LogP contribution is -2.36. The van der Waals surface area contributed by atoms with Gasteiger partial charge in [-0.05, 0) is 11.4 Å². The van der Waals surface area contributed by atoms with E-state index in [1.54, 1.807) is 16.8 Å². The summed E-state index contributed by atoms with van der Waals surface area (Å²) in [6.45, 7) is 0.0268. The van der Waals surface area contributed by atoms with Gasteiger partial charge >= 0.3 is 5.97 Å². The summed E-state index contributed by atoms with van der Waals surface area (Å²) in [6, 6.07) is 5.52. The standard InChI is InChI=1S/C16H18N4O4S/c17-5-1-8-20(9-2-6-18)14(21)11-24-15(22)3-7-19-16(23)13-4-10-25-12-13/h4,10,12H,1-3,7-9,11H2,(H,19,23). The van der Waals surface area contributed by atoms with Crippen LogP contribution in [0.4, 0.5) is 0 Å². The van der Waals surface area contributed by atoms with Crippen molar-refractivity contribution in [2.75, 3.05) is 26.2 Å². The molecule has 1 aromatic rings. The molecule has 0 aliphatic rings. The quantitative estimate of drug-likeness (QED) is 0.621. The Labute approximate surface area is 149 Å². The van der Waals surface area contributed by atoms with Crippen LogP contribution < -0.4 is 5.32 Å². The average molecular weight is 362 g/mol. The Morgan fingerprint density at radius 2 is 1.88 bits per heavy atom. The van der Waals surface area contributed by atoms with Crippen molar-refractivity contribution in [2.24, 2.45) is 0 Å². The maximum absolute atomic E-state index is 12.0. The van der Waals surface area contributed by atoms with Crippen molar-refractivity contribution in [1.82, 2.24) is 10.2 Å². The molecule has 8 nitrogen and oxygen atoms in total. The van der Waals surface area contributed by atoms with Gasteiger partial charge in [-0.2, -0.15) is 21.9 Å². The number of nitrogens with one attached hydrogen (secondary N) is 1. The van der Waals surface area contributed by atoms with Crippen molar-refractivity contribution in [1.29, 1.82) is 10.5 Å². The summed E-state index contributed by atoms with van der Waals surface area (Å²) in [6.07, 6.45) is 0.221. The molecule has 0 atom stereocenters. The van der Waals surface area contributed by atoms with Crippen LogP contribution in [-0.4, -0.2) is 48.9 Å². The first kappa shape index (κ1) is 20.1. The number of nitriles is 2. The molecule has 1 N–H and O–H groups in total. The second-order valence-corrected chi connectivity index (χ2v) is 5.66. The summed E-state index contributed by atoms with van der Waals surface area (Å²) in [5, 5.41) is 23.2. The molecular formula is C16H18N4O4S. The maximum atomic E-state index is 12.0. The minimum Gasteiger partial charge on any atom is -0.456 e. The van der Waals surface area contributed by atoms with Crippen LogP contribution >= 0.6 is 11.3 Å². The predicted molar refractivity (Wildman–Crippen MR) is 89.3 cm³/mol. The van der Waals surface area contributed by atoms with E-state index in [0.29, 0.717) is 5.56 Å². The van der Waals surface area contributed by atoms with Gasteiger partial charge in [0.1, 0.15) is 0 Å². The largest absolute Gasteiger partial charge is 0.456 e. The number of carbonyl (C=O) groups excluding carboxylic acids is 3. The Balaban J connectivity index is 2.29. The fourth-order valence-corrected chi connectivity index (χ4v) is 2.45. The molecule has 2 amide bonds. The fourth-order valence-electron chi connectivity index (χ4n) is 1.81. The first-order chi connectivity index (χ1) is 12.1. The van der Waals surface area contributed by atoms with Crippen LogP contribution in [0, 0.1) is 22.7 Å². The Morgan fingerprint density at radius 3 is 2.44 bits per heavy atom. The second-order valence-electron chi connectivity index (χ2n) is 4.88. The van der Waals surface area contributed by atoms with Gasteiger partial charge in [-0.25, -0.2) is 0 Å².